The maximum absolute atomic E-state index is 12.6. The number of furan rings is 1. The van der Waals surface area contributed by atoms with Crippen LogP contribution < -0.4 is 14.8 Å². The number of hydrogen-bond donors (Lipinski definition) is 1. The molecule has 8 heteroatoms. The van der Waals surface area contributed by atoms with Gasteiger partial charge in [-0.2, -0.15) is 0 Å². The van der Waals surface area contributed by atoms with Gasteiger partial charge in [-0.3, -0.25) is 9.69 Å². The highest BCUT2D eigenvalue weighted by molar-refractivity contribution is 5.93. The maximum Gasteiger partial charge on any atom is 0.273 e. The zero-order valence-electron chi connectivity index (χ0n) is 16.6. The molecule has 1 aliphatic rings. The zero-order valence-corrected chi connectivity index (χ0v) is 16.6. The van der Waals surface area contributed by atoms with Gasteiger partial charge in [-0.1, -0.05) is 5.16 Å². The van der Waals surface area contributed by atoms with Crippen LogP contribution in [0, 0.1) is 6.92 Å². The first kappa shape index (κ1) is 19.1. The Kier molecular flexibility index (Phi) is 5.26. The lowest BCUT2D eigenvalue weighted by molar-refractivity contribution is 0.0930. The molecule has 0 fully saturated rings. The third-order valence-corrected chi connectivity index (χ3v) is 4.74. The van der Waals surface area contributed by atoms with Crippen LogP contribution in [-0.4, -0.2) is 49.8 Å². The van der Waals surface area contributed by atoms with E-state index in [0.717, 1.165) is 17.1 Å². The first-order valence-corrected chi connectivity index (χ1v) is 9.39. The Balaban J connectivity index is 1.44. The molecule has 0 unspecified atom stereocenters. The predicted molar refractivity (Wildman–Crippen MR) is 105 cm³/mol. The average molecular weight is 397 g/mol. The number of carbonyl (C=O) groups is 1. The molecule has 152 valence electrons. The molecule has 29 heavy (non-hydrogen) atoms. The quantitative estimate of drug-likeness (QED) is 0.684. The van der Waals surface area contributed by atoms with Gasteiger partial charge in [0.2, 0.25) is 0 Å². The zero-order chi connectivity index (χ0) is 20.4. The van der Waals surface area contributed by atoms with Crippen molar-refractivity contribution in [2.45, 2.75) is 13.0 Å². The number of ether oxygens (including phenoxy) is 2. The van der Waals surface area contributed by atoms with Crippen molar-refractivity contribution in [3.8, 4) is 22.8 Å². The largest absolute Gasteiger partial charge is 0.486 e. The van der Waals surface area contributed by atoms with Crippen LogP contribution in [0.1, 0.15) is 28.1 Å². The summed E-state index contributed by atoms with van der Waals surface area (Å²) >= 11 is 0. The standard InChI is InChI=1S/C21H23N3O5/c1-13-4-6-17(28-13)16(24(2)3)12-22-21(25)15-11-19(29-23-15)14-5-7-18-20(10-14)27-9-8-26-18/h4-7,10-11,16H,8-9,12H2,1-3H3,(H,22,25)/t16-/m0/s1. The van der Waals surface area contributed by atoms with Crippen molar-refractivity contribution in [3.63, 3.8) is 0 Å². The Labute approximate surface area is 168 Å². The molecule has 0 radical (unpaired) electrons. The summed E-state index contributed by atoms with van der Waals surface area (Å²) in [5, 5.41) is 6.80. The van der Waals surface area contributed by atoms with Gasteiger partial charge >= 0.3 is 0 Å². The highest BCUT2D eigenvalue weighted by atomic mass is 16.6. The van der Waals surface area contributed by atoms with Crippen molar-refractivity contribution in [2.75, 3.05) is 33.9 Å². The lowest BCUT2D eigenvalue weighted by Crippen LogP contribution is -2.34. The van der Waals surface area contributed by atoms with Crippen molar-refractivity contribution in [1.82, 2.24) is 15.4 Å². The second kappa shape index (κ2) is 8.00. The summed E-state index contributed by atoms with van der Waals surface area (Å²) < 4.78 is 22.2. The van der Waals surface area contributed by atoms with Crippen molar-refractivity contribution in [2.24, 2.45) is 0 Å². The van der Waals surface area contributed by atoms with Crippen LogP contribution in [0.2, 0.25) is 0 Å². The summed E-state index contributed by atoms with van der Waals surface area (Å²) in [5.74, 6) is 3.15. The molecule has 3 heterocycles. The molecule has 1 atom stereocenters. The monoisotopic (exact) mass is 397 g/mol. The minimum Gasteiger partial charge on any atom is -0.486 e. The number of aryl methyl sites for hydroxylation is 1. The van der Waals surface area contributed by atoms with E-state index in [1.165, 1.54) is 0 Å². The van der Waals surface area contributed by atoms with E-state index in [1.807, 2.05) is 56.3 Å². The Hall–Kier alpha value is -3.26. The molecular weight excluding hydrogens is 374 g/mol. The summed E-state index contributed by atoms with van der Waals surface area (Å²) in [6, 6.07) is 10.8. The molecule has 0 saturated heterocycles. The van der Waals surface area contributed by atoms with Crippen molar-refractivity contribution in [1.29, 1.82) is 0 Å². The number of benzene rings is 1. The fraction of sp³-hybridized carbons (Fsp3) is 0.333. The number of carbonyl (C=O) groups excluding carboxylic acids is 1. The fourth-order valence-electron chi connectivity index (χ4n) is 3.16. The van der Waals surface area contributed by atoms with Crippen LogP contribution in [0.4, 0.5) is 0 Å². The summed E-state index contributed by atoms with van der Waals surface area (Å²) in [6.45, 7) is 3.31. The number of hydrogen-bond acceptors (Lipinski definition) is 7. The van der Waals surface area contributed by atoms with Crippen LogP contribution in [0.3, 0.4) is 0 Å². The second-order valence-electron chi connectivity index (χ2n) is 7.07. The average Bonchev–Trinajstić information content (AvgIpc) is 3.37. The van der Waals surface area contributed by atoms with Gasteiger partial charge in [-0.25, -0.2) is 0 Å². The molecule has 0 bridgehead atoms. The van der Waals surface area contributed by atoms with Gasteiger partial charge in [-0.15, -0.1) is 0 Å². The molecular formula is C21H23N3O5. The van der Waals surface area contributed by atoms with E-state index in [1.54, 1.807) is 6.07 Å². The highest BCUT2D eigenvalue weighted by Gasteiger charge is 2.21. The Morgan fingerprint density at radius 1 is 1.14 bits per heavy atom. The fourth-order valence-corrected chi connectivity index (χ4v) is 3.16. The summed E-state index contributed by atoms with van der Waals surface area (Å²) in [7, 11) is 3.87. The Morgan fingerprint density at radius 3 is 2.66 bits per heavy atom. The highest BCUT2D eigenvalue weighted by Crippen LogP contribution is 2.34. The molecule has 0 spiro atoms. The summed E-state index contributed by atoms with van der Waals surface area (Å²) in [5.41, 5.74) is 0.973. The topological polar surface area (TPSA) is 90.0 Å². The first-order valence-electron chi connectivity index (χ1n) is 9.39. The third kappa shape index (κ3) is 4.12. The number of amides is 1. The summed E-state index contributed by atoms with van der Waals surface area (Å²) in [6.07, 6.45) is 0. The molecule has 2 aromatic heterocycles. The van der Waals surface area contributed by atoms with Crippen LogP contribution >= 0.6 is 0 Å². The van der Waals surface area contributed by atoms with Gasteiger partial charge < -0.3 is 23.7 Å². The van der Waals surface area contributed by atoms with E-state index in [9.17, 15) is 4.79 Å². The molecule has 1 amide bonds. The Bertz CT molecular complexity index is 1010. The predicted octanol–water partition coefficient (Wildman–Crippen LogP) is 3.05. The number of aromatic nitrogens is 1. The molecule has 0 saturated carbocycles. The molecule has 3 aromatic rings. The SMILES string of the molecule is Cc1ccc([C@H](CNC(=O)c2cc(-c3ccc4c(c3)OCCO4)on2)N(C)C)o1. The summed E-state index contributed by atoms with van der Waals surface area (Å²) in [4.78, 5) is 14.5. The van der Waals surface area contributed by atoms with Gasteiger partial charge in [0.05, 0.1) is 6.04 Å². The lowest BCUT2D eigenvalue weighted by atomic mass is 10.1. The van der Waals surface area contributed by atoms with Gasteiger partial charge in [0.1, 0.15) is 24.7 Å². The van der Waals surface area contributed by atoms with E-state index < -0.39 is 0 Å². The minimum absolute atomic E-state index is 0.0863. The molecule has 0 aliphatic carbocycles. The first-order chi connectivity index (χ1) is 14.0. The van der Waals surface area contributed by atoms with E-state index in [0.29, 0.717) is 37.0 Å². The number of fused-ring (bicyclic) bond motifs is 1. The molecule has 1 aliphatic heterocycles. The van der Waals surface area contributed by atoms with Crippen LogP contribution in [0.25, 0.3) is 11.3 Å². The van der Waals surface area contributed by atoms with Crippen LogP contribution in [0.5, 0.6) is 11.5 Å². The molecule has 1 N–H and O–H groups in total. The van der Waals surface area contributed by atoms with E-state index in [-0.39, 0.29) is 17.6 Å². The van der Waals surface area contributed by atoms with Crippen LogP contribution in [-0.2, 0) is 0 Å². The van der Waals surface area contributed by atoms with Crippen molar-refractivity contribution >= 4 is 5.91 Å². The minimum atomic E-state index is -0.312. The van der Waals surface area contributed by atoms with Gasteiger partial charge in [0.25, 0.3) is 5.91 Å². The van der Waals surface area contributed by atoms with Gasteiger partial charge in [-0.05, 0) is 51.4 Å². The lowest BCUT2D eigenvalue weighted by Gasteiger charge is -2.22. The number of nitrogens with zero attached hydrogens (tertiary/aromatic N) is 2. The number of rotatable bonds is 6. The molecule has 4 rings (SSSR count). The van der Waals surface area contributed by atoms with Crippen molar-refractivity contribution < 1.29 is 23.2 Å². The Morgan fingerprint density at radius 2 is 1.93 bits per heavy atom. The third-order valence-electron chi connectivity index (χ3n) is 4.74. The molecule has 1 aromatic carbocycles. The number of nitrogens with one attached hydrogen (secondary N) is 1. The smallest absolute Gasteiger partial charge is 0.273 e. The van der Waals surface area contributed by atoms with E-state index in [2.05, 4.69) is 10.5 Å². The normalized spacial score (nSPS) is 14.1. The van der Waals surface area contributed by atoms with Crippen LogP contribution in [0.15, 0.2) is 45.3 Å². The van der Waals surface area contributed by atoms with Gasteiger partial charge in [0.15, 0.2) is 23.0 Å². The second-order valence-corrected chi connectivity index (χ2v) is 7.07. The van der Waals surface area contributed by atoms with E-state index in [4.69, 9.17) is 18.4 Å². The van der Waals surface area contributed by atoms with Crippen molar-refractivity contribution in [3.05, 3.63) is 53.6 Å². The van der Waals surface area contributed by atoms with E-state index >= 15 is 0 Å². The molecule has 8 nitrogen and oxygen atoms in total. The van der Waals surface area contributed by atoms with Gasteiger partial charge in [0, 0.05) is 18.2 Å². The number of likely N-dealkylation sites (N-methyl/N-ethyl adjacent to an activating group) is 1. The maximum atomic E-state index is 12.6.